The van der Waals surface area contributed by atoms with E-state index < -0.39 is 5.41 Å². The zero-order chi connectivity index (χ0) is 12.8. The van der Waals surface area contributed by atoms with Crippen molar-refractivity contribution < 1.29 is 9.53 Å². The fourth-order valence-electron chi connectivity index (χ4n) is 2.54. The first kappa shape index (κ1) is 11.4. The quantitative estimate of drug-likeness (QED) is 0.806. The lowest BCUT2D eigenvalue weighted by molar-refractivity contribution is -0.140. The first-order valence-corrected chi connectivity index (χ1v) is 6.21. The molecule has 1 heterocycles. The van der Waals surface area contributed by atoms with Gasteiger partial charge >= 0.3 is 0 Å². The topological polar surface area (TPSA) is 26.3 Å². The Balaban J connectivity index is 2.13. The van der Waals surface area contributed by atoms with Crippen molar-refractivity contribution >= 4 is 16.6 Å². The molecule has 0 saturated carbocycles. The summed E-state index contributed by atoms with van der Waals surface area (Å²) < 4.78 is 5.26. The van der Waals surface area contributed by atoms with Crippen LogP contribution in [0.1, 0.15) is 18.1 Å². The first-order chi connectivity index (χ1) is 8.62. The largest absolute Gasteiger partial charge is 0.378 e. The number of hydrogen-bond donors (Lipinski definition) is 0. The smallest absolute Gasteiger partial charge is 0.145 e. The molecule has 3 rings (SSSR count). The molecule has 0 bridgehead atoms. The SMILES string of the molecule is CC(=O)C1(c2ccc3cc(C)ccc3c2)COC1. The van der Waals surface area contributed by atoms with Crippen molar-refractivity contribution in [3.8, 4) is 0 Å². The fraction of sp³-hybridized carbons (Fsp3) is 0.312. The van der Waals surface area contributed by atoms with Gasteiger partial charge in [0, 0.05) is 0 Å². The Kier molecular flexibility index (Phi) is 2.49. The van der Waals surface area contributed by atoms with E-state index in [1.807, 2.05) is 0 Å². The molecule has 1 aliphatic rings. The minimum absolute atomic E-state index is 0.195. The van der Waals surface area contributed by atoms with Crippen LogP contribution in [0.5, 0.6) is 0 Å². The highest BCUT2D eigenvalue weighted by Gasteiger charge is 2.44. The molecule has 0 spiro atoms. The maximum absolute atomic E-state index is 11.9. The summed E-state index contributed by atoms with van der Waals surface area (Å²) in [4.78, 5) is 11.9. The molecular formula is C16H16O2. The highest BCUT2D eigenvalue weighted by molar-refractivity contribution is 5.92. The fourth-order valence-corrected chi connectivity index (χ4v) is 2.54. The van der Waals surface area contributed by atoms with E-state index >= 15 is 0 Å². The molecule has 2 aromatic rings. The van der Waals surface area contributed by atoms with E-state index in [0.717, 1.165) is 5.56 Å². The normalized spacial score (nSPS) is 17.4. The van der Waals surface area contributed by atoms with E-state index in [1.165, 1.54) is 16.3 Å². The Morgan fingerprint density at radius 2 is 1.78 bits per heavy atom. The number of hydrogen-bond acceptors (Lipinski definition) is 2. The summed E-state index contributed by atoms with van der Waals surface area (Å²) in [5.74, 6) is 0.195. The number of carbonyl (C=O) groups excluding carboxylic acids is 1. The Morgan fingerprint density at radius 1 is 1.11 bits per heavy atom. The number of rotatable bonds is 2. The first-order valence-electron chi connectivity index (χ1n) is 6.21. The van der Waals surface area contributed by atoms with Gasteiger partial charge in [-0.2, -0.15) is 0 Å². The van der Waals surface area contributed by atoms with Crippen molar-refractivity contribution in [1.82, 2.24) is 0 Å². The molecule has 0 atom stereocenters. The Hall–Kier alpha value is -1.67. The van der Waals surface area contributed by atoms with Crippen LogP contribution in [-0.4, -0.2) is 19.0 Å². The molecule has 0 unspecified atom stereocenters. The van der Waals surface area contributed by atoms with Crippen LogP contribution in [-0.2, 0) is 14.9 Å². The average molecular weight is 240 g/mol. The third-order valence-corrected chi connectivity index (χ3v) is 3.92. The van der Waals surface area contributed by atoms with Crippen molar-refractivity contribution in [1.29, 1.82) is 0 Å². The summed E-state index contributed by atoms with van der Waals surface area (Å²) in [6.45, 7) is 4.77. The molecule has 0 radical (unpaired) electrons. The molecule has 0 N–H and O–H groups in total. The summed E-state index contributed by atoms with van der Waals surface area (Å²) in [6.07, 6.45) is 0. The summed E-state index contributed by atoms with van der Waals surface area (Å²) in [6, 6.07) is 12.7. The van der Waals surface area contributed by atoms with Crippen LogP contribution >= 0.6 is 0 Å². The summed E-state index contributed by atoms with van der Waals surface area (Å²) in [5, 5.41) is 2.41. The van der Waals surface area contributed by atoms with Crippen LogP contribution in [0, 0.1) is 6.92 Å². The molecule has 18 heavy (non-hydrogen) atoms. The van der Waals surface area contributed by atoms with E-state index in [2.05, 4.69) is 43.3 Å². The number of ether oxygens (including phenoxy) is 1. The van der Waals surface area contributed by atoms with E-state index in [-0.39, 0.29) is 5.78 Å². The molecule has 0 aromatic heterocycles. The van der Waals surface area contributed by atoms with Crippen molar-refractivity contribution in [3.63, 3.8) is 0 Å². The Morgan fingerprint density at radius 3 is 2.39 bits per heavy atom. The second-order valence-electron chi connectivity index (χ2n) is 5.20. The lowest BCUT2D eigenvalue weighted by Crippen LogP contribution is -2.52. The van der Waals surface area contributed by atoms with Crippen molar-refractivity contribution in [3.05, 3.63) is 47.5 Å². The van der Waals surface area contributed by atoms with Gasteiger partial charge in [0.15, 0.2) is 0 Å². The molecular weight excluding hydrogens is 224 g/mol. The van der Waals surface area contributed by atoms with Crippen molar-refractivity contribution in [2.75, 3.05) is 13.2 Å². The van der Waals surface area contributed by atoms with Crippen molar-refractivity contribution in [2.45, 2.75) is 19.3 Å². The number of aryl methyl sites for hydroxylation is 1. The number of Topliss-reactive ketones (excluding diaryl/α,β-unsaturated/α-hetero) is 1. The monoisotopic (exact) mass is 240 g/mol. The van der Waals surface area contributed by atoms with Gasteiger partial charge < -0.3 is 4.74 Å². The van der Waals surface area contributed by atoms with Crippen LogP contribution in [0.3, 0.4) is 0 Å². The highest BCUT2D eigenvalue weighted by atomic mass is 16.5. The van der Waals surface area contributed by atoms with Gasteiger partial charge in [0.25, 0.3) is 0 Å². The van der Waals surface area contributed by atoms with Gasteiger partial charge in [-0.15, -0.1) is 0 Å². The molecule has 0 aliphatic carbocycles. The lowest BCUT2D eigenvalue weighted by atomic mass is 9.75. The van der Waals surface area contributed by atoms with Gasteiger partial charge in [-0.3, -0.25) is 4.79 Å². The number of carbonyl (C=O) groups is 1. The number of ketones is 1. The molecule has 2 heteroatoms. The van der Waals surface area contributed by atoms with Crippen LogP contribution in [0.2, 0.25) is 0 Å². The third kappa shape index (κ3) is 1.57. The van der Waals surface area contributed by atoms with Gasteiger partial charge in [-0.25, -0.2) is 0 Å². The van der Waals surface area contributed by atoms with E-state index in [4.69, 9.17) is 4.74 Å². The second kappa shape index (κ2) is 3.92. The predicted octanol–water partition coefficient (Wildman–Crippen LogP) is 3.01. The summed E-state index contributed by atoms with van der Waals surface area (Å²) in [7, 11) is 0. The maximum Gasteiger partial charge on any atom is 0.145 e. The van der Waals surface area contributed by atoms with E-state index in [9.17, 15) is 4.79 Å². The maximum atomic E-state index is 11.9. The average Bonchev–Trinajstić information content (AvgIpc) is 2.27. The lowest BCUT2D eigenvalue weighted by Gasteiger charge is -2.39. The van der Waals surface area contributed by atoms with E-state index in [0.29, 0.717) is 13.2 Å². The predicted molar refractivity (Wildman–Crippen MR) is 71.9 cm³/mol. The summed E-state index contributed by atoms with van der Waals surface area (Å²) >= 11 is 0. The molecule has 1 aliphatic heterocycles. The third-order valence-electron chi connectivity index (χ3n) is 3.92. The van der Waals surface area contributed by atoms with Gasteiger partial charge in [0.1, 0.15) is 11.2 Å². The molecule has 1 fully saturated rings. The van der Waals surface area contributed by atoms with Gasteiger partial charge in [0.2, 0.25) is 0 Å². The zero-order valence-corrected chi connectivity index (χ0v) is 10.7. The minimum atomic E-state index is -0.404. The molecule has 2 aromatic carbocycles. The molecule has 2 nitrogen and oxygen atoms in total. The summed E-state index contributed by atoms with van der Waals surface area (Å²) in [5.41, 5.74) is 1.93. The second-order valence-corrected chi connectivity index (χ2v) is 5.20. The van der Waals surface area contributed by atoms with Gasteiger partial charge in [0.05, 0.1) is 13.2 Å². The van der Waals surface area contributed by atoms with Gasteiger partial charge in [-0.05, 0) is 36.2 Å². The standard InChI is InChI=1S/C16H16O2/c1-11-3-4-14-8-15(6-5-13(14)7-11)16(12(2)17)9-18-10-16/h3-8H,9-10H2,1-2H3. The minimum Gasteiger partial charge on any atom is -0.378 e. The van der Waals surface area contributed by atoms with Crippen LogP contribution in [0.15, 0.2) is 36.4 Å². The highest BCUT2D eigenvalue weighted by Crippen LogP contribution is 2.35. The molecule has 0 amide bonds. The van der Waals surface area contributed by atoms with Gasteiger partial charge in [-0.1, -0.05) is 35.9 Å². The van der Waals surface area contributed by atoms with Crippen molar-refractivity contribution in [2.24, 2.45) is 0 Å². The molecule has 92 valence electrons. The van der Waals surface area contributed by atoms with Crippen LogP contribution in [0.4, 0.5) is 0 Å². The Bertz CT molecular complexity index is 624. The Labute approximate surface area is 107 Å². The number of fused-ring (bicyclic) bond motifs is 1. The van der Waals surface area contributed by atoms with Crippen LogP contribution in [0.25, 0.3) is 10.8 Å². The van der Waals surface area contributed by atoms with E-state index in [1.54, 1.807) is 6.92 Å². The zero-order valence-electron chi connectivity index (χ0n) is 10.7. The van der Waals surface area contributed by atoms with Crippen LogP contribution < -0.4 is 0 Å². The number of benzene rings is 2. The molecule has 1 saturated heterocycles.